The van der Waals surface area contributed by atoms with Crippen LogP contribution in [-0.4, -0.2) is 33.9 Å². The second-order valence-corrected chi connectivity index (χ2v) is 8.76. The summed E-state index contributed by atoms with van der Waals surface area (Å²) in [6.07, 6.45) is 13.8. The van der Waals surface area contributed by atoms with Crippen molar-refractivity contribution in [2.24, 2.45) is 11.8 Å². The molecule has 0 radical (unpaired) electrons. The molecule has 1 aromatic carbocycles. The molecule has 2 heterocycles. The van der Waals surface area contributed by atoms with E-state index in [4.69, 9.17) is 4.74 Å². The van der Waals surface area contributed by atoms with Crippen LogP contribution in [0, 0.1) is 18.8 Å². The van der Waals surface area contributed by atoms with Gasteiger partial charge in [-0.2, -0.15) is 5.10 Å². The highest BCUT2D eigenvalue weighted by molar-refractivity contribution is 5.67. The summed E-state index contributed by atoms with van der Waals surface area (Å²) in [4.78, 5) is 13.9. The number of benzene rings is 1. The van der Waals surface area contributed by atoms with Crippen LogP contribution in [0.4, 0.5) is 4.79 Å². The molecule has 37 heavy (non-hydrogen) atoms. The topological polar surface area (TPSA) is 47.4 Å². The second-order valence-electron chi connectivity index (χ2n) is 8.76. The van der Waals surface area contributed by atoms with Gasteiger partial charge in [0.05, 0.1) is 6.20 Å². The Balaban J connectivity index is 0.000000783. The molecule has 5 heteroatoms. The smallest absolute Gasteiger partial charge is 0.410 e. The van der Waals surface area contributed by atoms with Crippen LogP contribution >= 0.6 is 0 Å². The lowest BCUT2D eigenvalue weighted by atomic mass is 9.97. The summed E-state index contributed by atoms with van der Waals surface area (Å²) in [5.41, 5.74) is 3.50. The molecule has 1 aromatic heterocycles. The van der Waals surface area contributed by atoms with Crippen molar-refractivity contribution in [2.75, 3.05) is 13.1 Å². The molecule has 1 saturated heterocycles. The SMILES string of the molecule is C=C/C(=C\C=C/C)C(C)C.CC.CC.Cc1cnn(CC2CCN(C(=O)OCc3ccccc3)CC2)c1. The van der Waals surface area contributed by atoms with Crippen LogP contribution in [0.15, 0.2) is 79.2 Å². The van der Waals surface area contributed by atoms with Crippen LogP contribution in [0.25, 0.3) is 0 Å². The third-order valence-corrected chi connectivity index (χ3v) is 5.67. The minimum Gasteiger partial charge on any atom is -0.445 e. The summed E-state index contributed by atoms with van der Waals surface area (Å²) in [5.74, 6) is 1.15. The first kappa shape index (κ1) is 33.9. The van der Waals surface area contributed by atoms with Gasteiger partial charge >= 0.3 is 6.09 Å². The number of likely N-dealkylation sites (tertiary alicyclic amines) is 1. The predicted molar refractivity (Wildman–Crippen MR) is 159 cm³/mol. The molecule has 0 spiro atoms. The van der Waals surface area contributed by atoms with Crippen LogP contribution in [0.2, 0.25) is 0 Å². The Morgan fingerprint density at radius 2 is 1.76 bits per heavy atom. The molecule has 1 fully saturated rings. The molecule has 2 aromatic rings. The number of aromatic nitrogens is 2. The number of aryl methyl sites for hydroxylation is 1. The van der Waals surface area contributed by atoms with E-state index in [2.05, 4.69) is 44.7 Å². The molecule has 1 aliphatic rings. The number of piperidine rings is 1. The fraction of sp³-hybridized carbons (Fsp3) is 0.500. The van der Waals surface area contributed by atoms with E-state index in [0.717, 1.165) is 38.0 Å². The lowest BCUT2D eigenvalue weighted by molar-refractivity contribution is 0.0803. The van der Waals surface area contributed by atoms with E-state index < -0.39 is 0 Å². The predicted octanol–water partition coefficient (Wildman–Crippen LogP) is 8.62. The van der Waals surface area contributed by atoms with E-state index in [0.29, 0.717) is 18.4 Å². The zero-order chi connectivity index (χ0) is 28.1. The average molecular weight is 510 g/mol. The van der Waals surface area contributed by atoms with Gasteiger partial charge in [-0.1, -0.05) is 103 Å². The summed E-state index contributed by atoms with van der Waals surface area (Å²) in [7, 11) is 0. The summed E-state index contributed by atoms with van der Waals surface area (Å²) >= 11 is 0. The molecule has 206 valence electrons. The molecule has 0 bridgehead atoms. The fourth-order valence-corrected chi connectivity index (χ4v) is 3.64. The summed E-state index contributed by atoms with van der Waals surface area (Å²) < 4.78 is 7.40. The highest BCUT2D eigenvalue weighted by Gasteiger charge is 2.24. The molecule has 0 atom stereocenters. The fourth-order valence-electron chi connectivity index (χ4n) is 3.64. The maximum atomic E-state index is 12.1. The van der Waals surface area contributed by atoms with E-state index >= 15 is 0 Å². The number of allylic oxidation sites excluding steroid dienone is 5. The average Bonchev–Trinajstić information content (AvgIpc) is 3.35. The first-order valence-electron chi connectivity index (χ1n) is 13.8. The quantitative estimate of drug-likeness (QED) is 0.351. The molecule has 5 nitrogen and oxygen atoms in total. The number of rotatable bonds is 7. The Morgan fingerprint density at radius 3 is 2.24 bits per heavy atom. The Labute approximate surface area is 226 Å². The van der Waals surface area contributed by atoms with Gasteiger partial charge in [-0.15, -0.1) is 0 Å². The molecule has 1 amide bonds. The largest absolute Gasteiger partial charge is 0.445 e. The van der Waals surface area contributed by atoms with E-state index in [1.54, 1.807) is 0 Å². The third kappa shape index (κ3) is 14.3. The molecule has 0 aliphatic carbocycles. The van der Waals surface area contributed by atoms with Crippen molar-refractivity contribution in [1.82, 2.24) is 14.7 Å². The van der Waals surface area contributed by atoms with Crippen molar-refractivity contribution in [1.29, 1.82) is 0 Å². The Bertz CT molecular complexity index is 905. The lowest BCUT2D eigenvalue weighted by Crippen LogP contribution is -2.39. The Kier molecular flexibility index (Phi) is 19.3. The van der Waals surface area contributed by atoms with Crippen LogP contribution in [-0.2, 0) is 17.9 Å². The normalized spacial score (nSPS) is 13.5. The highest BCUT2D eigenvalue weighted by atomic mass is 16.6. The molecule has 0 unspecified atom stereocenters. The summed E-state index contributed by atoms with van der Waals surface area (Å²) in [6, 6.07) is 9.78. The van der Waals surface area contributed by atoms with Gasteiger partial charge in [-0.3, -0.25) is 4.68 Å². The molecule has 0 saturated carbocycles. The van der Waals surface area contributed by atoms with Gasteiger partial charge in [0.2, 0.25) is 0 Å². The molecular weight excluding hydrogens is 458 g/mol. The van der Waals surface area contributed by atoms with E-state index in [-0.39, 0.29) is 6.09 Å². The number of hydrogen-bond acceptors (Lipinski definition) is 3. The van der Waals surface area contributed by atoms with Gasteiger partial charge < -0.3 is 9.64 Å². The van der Waals surface area contributed by atoms with Crippen molar-refractivity contribution in [3.05, 3.63) is 90.3 Å². The minimum atomic E-state index is -0.206. The monoisotopic (exact) mass is 509 g/mol. The van der Waals surface area contributed by atoms with Gasteiger partial charge in [-0.25, -0.2) is 4.79 Å². The number of ether oxygens (including phenoxy) is 1. The van der Waals surface area contributed by atoms with Gasteiger partial charge in [0.1, 0.15) is 6.61 Å². The van der Waals surface area contributed by atoms with Crippen molar-refractivity contribution >= 4 is 6.09 Å². The van der Waals surface area contributed by atoms with Gasteiger partial charge in [0.25, 0.3) is 0 Å². The van der Waals surface area contributed by atoms with Crippen LogP contribution in [0.3, 0.4) is 0 Å². The van der Waals surface area contributed by atoms with Crippen molar-refractivity contribution in [3.63, 3.8) is 0 Å². The third-order valence-electron chi connectivity index (χ3n) is 5.67. The molecular formula is C32H51N3O2. The van der Waals surface area contributed by atoms with E-state index in [1.807, 2.05) is 99.0 Å². The van der Waals surface area contributed by atoms with Gasteiger partial charge in [0.15, 0.2) is 0 Å². The zero-order valence-corrected chi connectivity index (χ0v) is 24.6. The second kappa shape index (κ2) is 21.0. The van der Waals surface area contributed by atoms with Crippen molar-refractivity contribution in [3.8, 4) is 0 Å². The van der Waals surface area contributed by atoms with E-state index in [1.165, 1.54) is 11.1 Å². The minimum absolute atomic E-state index is 0.206. The Morgan fingerprint density at radius 1 is 1.14 bits per heavy atom. The van der Waals surface area contributed by atoms with Crippen molar-refractivity contribution < 1.29 is 9.53 Å². The van der Waals surface area contributed by atoms with Crippen LogP contribution < -0.4 is 0 Å². The van der Waals surface area contributed by atoms with Crippen LogP contribution in [0.5, 0.6) is 0 Å². The number of amides is 1. The maximum Gasteiger partial charge on any atom is 0.410 e. The lowest BCUT2D eigenvalue weighted by Gasteiger charge is -2.31. The number of carbonyl (C=O) groups is 1. The maximum absolute atomic E-state index is 12.1. The number of carbonyl (C=O) groups excluding carboxylic acids is 1. The first-order valence-corrected chi connectivity index (χ1v) is 13.8. The molecule has 0 N–H and O–H groups in total. The highest BCUT2D eigenvalue weighted by Crippen LogP contribution is 2.20. The summed E-state index contributed by atoms with van der Waals surface area (Å²) in [6.45, 7) is 22.9. The number of nitrogens with zero attached hydrogens (tertiary/aromatic N) is 3. The van der Waals surface area contributed by atoms with Gasteiger partial charge in [-0.05, 0) is 55.2 Å². The van der Waals surface area contributed by atoms with E-state index in [9.17, 15) is 4.79 Å². The van der Waals surface area contributed by atoms with Gasteiger partial charge in [0, 0.05) is 25.8 Å². The van der Waals surface area contributed by atoms with Crippen LogP contribution in [0.1, 0.15) is 72.4 Å². The summed E-state index contributed by atoms with van der Waals surface area (Å²) in [5, 5.41) is 4.34. The number of hydrogen-bond donors (Lipinski definition) is 0. The first-order chi connectivity index (χ1) is 17.9. The standard InChI is InChI=1S/C18H23N3O2.C10H16.2C2H6/c1-15-11-19-21(12-15)13-16-7-9-20(10-8-16)18(22)23-14-17-5-3-2-4-6-17;1-5-7-8-10(6-2)9(3)4;2*1-2/h2-6,11-12,16H,7-10,13-14H2,1H3;5-9H,2H2,1,3-4H3;2*1-2H3/b;7-5-,10-8+;;. The molecule has 3 rings (SSSR count). The zero-order valence-electron chi connectivity index (χ0n) is 24.6. The van der Waals surface area contributed by atoms with Crippen molar-refractivity contribution in [2.45, 2.75) is 81.4 Å². The molecule has 1 aliphatic heterocycles. The Hall–Kier alpha value is -3.08.